The van der Waals surface area contributed by atoms with E-state index >= 15 is 0 Å². The number of carbonyl (C=O) groups excluding carboxylic acids is 4. The number of benzene rings is 1. The third-order valence-electron chi connectivity index (χ3n) is 5.59. The van der Waals surface area contributed by atoms with Gasteiger partial charge in [0.05, 0.1) is 24.5 Å². The first-order chi connectivity index (χ1) is 12.3. The average molecular weight is 358 g/mol. The van der Waals surface area contributed by atoms with Crippen molar-refractivity contribution in [1.29, 1.82) is 0 Å². The standard InChI is InChI=1S/C20H22O6/c1-10(22)5-14(23)8-12-7-13-6-11-3-2-4-16(24)17(11)20(26)18(13)19(25)15(12)9-21/h2-4,12-13,15,18,21,24H,5-9H2,1H3. The number of aliphatic hydroxyl groups is 1. The smallest absolute Gasteiger partial charge is 0.177 e. The summed E-state index contributed by atoms with van der Waals surface area (Å²) in [5.41, 5.74) is 0.908. The second-order valence-electron chi connectivity index (χ2n) is 7.43. The van der Waals surface area contributed by atoms with E-state index < -0.39 is 24.2 Å². The fourth-order valence-electron chi connectivity index (χ4n) is 4.51. The van der Waals surface area contributed by atoms with Crippen molar-refractivity contribution in [3.63, 3.8) is 0 Å². The highest BCUT2D eigenvalue weighted by atomic mass is 16.3. The Balaban J connectivity index is 1.89. The predicted octanol–water partition coefficient (Wildman–Crippen LogP) is 1.50. The summed E-state index contributed by atoms with van der Waals surface area (Å²) in [5.74, 6) is -3.64. The molecule has 4 unspecified atom stereocenters. The minimum absolute atomic E-state index is 0.0564. The largest absolute Gasteiger partial charge is 0.507 e. The van der Waals surface area contributed by atoms with E-state index in [-0.39, 0.29) is 53.3 Å². The van der Waals surface area contributed by atoms with Gasteiger partial charge in [-0.15, -0.1) is 0 Å². The first-order valence-electron chi connectivity index (χ1n) is 8.84. The van der Waals surface area contributed by atoms with Gasteiger partial charge >= 0.3 is 0 Å². The quantitative estimate of drug-likeness (QED) is 0.772. The predicted molar refractivity (Wildman–Crippen MR) is 91.7 cm³/mol. The fraction of sp³-hybridized carbons (Fsp3) is 0.500. The van der Waals surface area contributed by atoms with Crippen molar-refractivity contribution in [3.05, 3.63) is 29.3 Å². The maximum Gasteiger partial charge on any atom is 0.177 e. The van der Waals surface area contributed by atoms with Gasteiger partial charge < -0.3 is 10.2 Å². The molecule has 2 aliphatic carbocycles. The maximum absolute atomic E-state index is 12.9. The van der Waals surface area contributed by atoms with E-state index in [0.29, 0.717) is 18.4 Å². The number of hydrogen-bond acceptors (Lipinski definition) is 6. The van der Waals surface area contributed by atoms with Gasteiger partial charge in [-0.25, -0.2) is 0 Å². The van der Waals surface area contributed by atoms with E-state index in [1.807, 2.05) is 0 Å². The molecule has 0 radical (unpaired) electrons. The van der Waals surface area contributed by atoms with Crippen LogP contribution in [0.1, 0.15) is 42.1 Å². The third-order valence-corrected chi connectivity index (χ3v) is 5.59. The zero-order valence-corrected chi connectivity index (χ0v) is 14.6. The first kappa shape index (κ1) is 18.5. The van der Waals surface area contributed by atoms with Gasteiger partial charge in [0.15, 0.2) is 5.78 Å². The molecule has 0 spiro atoms. The minimum Gasteiger partial charge on any atom is -0.507 e. The lowest BCUT2D eigenvalue weighted by Gasteiger charge is -2.41. The molecule has 6 nitrogen and oxygen atoms in total. The number of aliphatic hydroxyl groups excluding tert-OH is 1. The van der Waals surface area contributed by atoms with Crippen molar-refractivity contribution in [2.45, 2.75) is 32.6 Å². The van der Waals surface area contributed by atoms with Gasteiger partial charge in [-0.1, -0.05) is 12.1 Å². The summed E-state index contributed by atoms with van der Waals surface area (Å²) in [4.78, 5) is 48.9. The van der Waals surface area contributed by atoms with Crippen LogP contribution in [-0.2, 0) is 20.8 Å². The van der Waals surface area contributed by atoms with Crippen LogP contribution in [0.2, 0.25) is 0 Å². The molecule has 1 fully saturated rings. The number of phenols is 1. The van der Waals surface area contributed by atoms with E-state index in [2.05, 4.69) is 0 Å². The minimum atomic E-state index is -0.882. The molecule has 0 aliphatic heterocycles. The van der Waals surface area contributed by atoms with Gasteiger partial charge in [-0.2, -0.15) is 0 Å². The Morgan fingerprint density at radius 2 is 1.96 bits per heavy atom. The molecule has 1 saturated carbocycles. The number of rotatable bonds is 5. The molecular formula is C20H22O6. The summed E-state index contributed by atoms with van der Waals surface area (Å²) in [7, 11) is 0. The second kappa shape index (κ2) is 7.11. The molecule has 1 aromatic rings. The lowest BCUT2D eigenvalue weighted by molar-refractivity contribution is -0.135. The van der Waals surface area contributed by atoms with Crippen LogP contribution < -0.4 is 0 Å². The molecule has 0 aromatic heterocycles. The molecule has 26 heavy (non-hydrogen) atoms. The van der Waals surface area contributed by atoms with E-state index in [1.165, 1.54) is 13.0 Å². The number of Topliss-reactive ketones (excluding diaryl/α,β-unsaturated/α-hetero) is 4. The zero-order valence-electron chi connectivity index (χ0n) is 14.6. The van der Waals surface area contributed by atoms with Crippen LogP contribution in [-0.4, -0.2) is 40.0 Å². The van der Waals surface area contributed by atoms with Crippen LogP contribution in [0.25, 0.3) is 0 Å². The number of phenolic OH excluding ortho intramolecular Hbond substituents is 1. The monoisotopic (exact) mass is 358 g/mol. The van der Waals surface area contributed by atoms with E-state index in [1.54, 1.807) is 12.1 Å². The van der Waals surface area contributed by atoms with Crippen LogP contribution in [0.3, 0.4) is 0 Å². The molecule has 3 rings (SSSR count). The molecule has 0 amide bonds. The molecule has 2 N–H and O–H groups in total. The van der Waals surface area contributed by atoms with Crippen LogP contribution in [0.4, 0.5) is 0 Å². The van der Waals surface area contributed by atoms with Gasteiger partial charge in [0, 0.05) is 12.3 Å². The highest BCUT2D eigenvalue weighted by Crippen LogP contribution is 2.45. The lowest BCUT2D eigenvalue weighted by Crippen LogP contribution is -2.49. The van der Waals surface area contributed by atoms with Crippen LogP contribution in [0.5, 0.6) is 5.75 Å². The van der Waals surface area contributed by atoms with Crippen molar-refractivity contribution >= 4 is 23.1 Å². The van der Waals surface area contributed by atoms with Gasteiger partial charge in [0.2, 0.25) is 0 Å². The van der Waals surface area contributed by atoms with E-state index in [0.717, 1.165) is 0 Å². The number of aromatic hydroxyl groups is 1. The number of carbonyl (C=O) groups is 4. The Labute approximate surface area is 151 Å². The Bertz CT molecular complexity index is 781. The van der Waals surface area contributed by atoms with Crippen molar-refractivity contribution in [2.24, 2.45) is 23.7 Å². The molecule has 0 heterocycles. The lowest BCUT2D eigenvalue weighted by atomic mass is 9.60. The number of fused-ring (bicyclic) bond motifs is 2. The van der Waals surface area contributed by atoms with Gasteiger partial charge in [-0.3, -0.25) is 19.2 Å². The highest BCUT2D eigenvalue weighted by Gasteiger charge is 2.50. The summed E-state index contributed by atoms with van der Waals surface area (Å²) in [5, 5.41) is 19.7. The SMILES string of the molecule is CC(=O)CC(=O)CC1CC2Cc3cccc(O)c3C(=O)C2C(=O)C1CO. The molecule has 1 aromatic carbocycles. The Hall–Kier alpha value is -2.34. The van der Waals surface area contributed by atoms with Crippen molar-refractivity contribution in [2.75, 3.05) is 6.61 Å². The Morgan fingerprint density at radius 3 is 2.62 bits per heavy atom. The van der Waals surface area contributed by atoms with Crippen LogP contribution in [0, 0.1) is 23.7 Å². The molecule has 138 valence electrons. The summed E-state index contributed by atoms with van der Waals surface area (Å²) in [6, 6.07) is 4.86. The molecule has 0 bridgehead atoms. The number of hydrogen-bond donors (Lipinski definition) is 2. The third kappa shape index (κ3) is 3.21. The van der Waals surface area contributed by atoms with Gasteiger partial charge in [0.25, 0.3) is 0 Å². The fourth-order valence-corrected chi connectivity index (χ4v) is 4.51. The van der Waals surface area contributed by atoms with Crippen LogP contribution in [0.15, 0.2) is 18.2 Å². The topological polar surface area (TPSA) is 109 Å². The van der Waals surface area contributed by atoms with Crippen molar-refractivity contribution in [1.82, 2.24) is 0 Å². The maximum atomic E-state index is 12.9. The van der Waals surface area contributed by atoms with Gasteiger partial charge in [0.1, 0.15) is 23.1 Å². The first-order valence-corrected chi connectivity index (χ1v) is 8.84. The van der Waals surface area contributed by atoms with E-state index in [9.17, 15) is 29.4 Å². The van der Waals surface area contributed by atoms with Gasteiger partial charge in [-0.05, 0) is 43.2 Å². The highest BCUT2D eigenvalue weighted by molar-refractivity contribution is 6.14. The molecular weight excluding hydrogens is 336 g/mol. The summed E-state index contributed by atoms with van der Waals surface area (Å²) >= 11 is 0. The molecule has 0 saturated heterocycles. The Morgan fingerprint density at radius 1 is 1.23 bits per heavy atom. The molecule has 2 aliphatic rings. The van der Waals surface area contributed by atoms with Crippen LogP contribution >= 0.6 is 0 Å². The molecule has 4 atom stereocenters. The number of ketones is 4. The Kier molecular flexibility index (Phi) is 5.05. The average Bonchev–Trinajstić information content (AvgIpc) is 2.53. The summed E-state index contributed by atoms with van der Waals surface area (Å²) in [6.45, 7) is 0.910. The van der Waals surface area contributed by atoms with Crippen molar-refractivity contribution < 1.29 is 29.4 Å². The molecule has 6 heteroatoms. The normalized spacial score (nSPS) is 27.6. The van der Waals surface area contributed by atoms with Crippen molar-refractivity contribution in [3.8, 4) is 5.75 Å². The zero-order chi connectivity index (χ0) is 19.0. The van der Waals surface area contributed by atoms with E-state index in [4.69, 9.17) is 0 Å². The second-order valence-corrected chi connectivity index (χ2v) is 7.43. The summed E-state index contributed by atoms with van der Waals surface area (Å²) < 4.78 is 0. The summed E-state index contributed by atoms with van der Waals surface area (Å²) in [6.07, 6.45) is 0.820.